The summed E-state index contributed by atoms with van der Waals surface area (Å²) < 4.78 is 11.0. The van der Waals surface area contributed by atoms with E-state index in [-0.39, 0.29) is 17.9 Å². The number of methoxy groups -OCH3 is 1. The molecule has 0 spiro atoms. The van der Waals surface area contributed by atoms with Crippen molar-refractivity contribution in [2.75, 3.05) is 7.11 Å². The highest BCUT2D eigenvalue weighted by Crippen LogP contribution is 2.41. The second-order valence-corrected chi connectivity index (χ2v) is 6.97. The lowest BCUT2D eigenvalue weighted by molar-refractivity contribution is -0.140. The quantitative estimate of drug-likeness (QED) is 0.397. The molecule has 1 saturated heterocycles. The topological polar surface area (TPSA) is 92.9 Å². The summed E-state index contributed by atoms with van der Waals surface area (Å²) in [5, 5.41) is 11.0. The average molecular weight is 404 g/mol. The van der Waals surface area contributed by atoms with Gasteiger partial charge < -0.3 is 19.2 Å². The van der Waals surface area contributed by atoms with Crippen LogP contribution in [0.2, 0.25) is 0 Å². The summed E-state index contributed by atoms with van der Waals surface area (Å²) in [6, 6.07) is 12.9. The standard InChI is InChI=1S/C23H20N2O5/c1-14-8-9-18(30-14)20-19(21(26)16-6-3-7-17(11-16)29-2)22(27)23(28)25(20)13-15-5-4-10-24-12-15/h3-12,20,26H,13H2,1-2H3/b21-19-. The van der Waals surface area contributed by atoms with Crippen LogP contribution in [0.5, 0.6) is 5.75 Å². The molecule has 3 heterocycles. The smallest absolute Gasteiger partial charge is 0.296 e. The monoisotopic (exact) mass is 404 g/mol. The van der Waals surface area contributed by atoms with Crippen LogP contribution in [0.1, 0.15) is 28.7 Å². The number of hydrogen-bond donors (Lipinski definition) is 1. The zero-order valence-corrected chi connectivity index (χ0v) is 16.5. The number of furan rings is 1. The van der Waals surface area contributed by atoms with Crippen LogP contribution in [0.3, 0.4) is 0 Å². The molecular formula is C23H20N2O5. The van der Waals surface area contributed by atoms with Crippen molar-refractivity contribution in [3.63, 3.8) is 0 Å². The van der Waals surface area contributed by atoms with Crippen LogP contribution < -0.4 is 4.74 Å². The Labute approximate surface area is 173 Å². The minimum absolute atomic E-state index is 0.0218. The average Bonchev–Trinajstić information content (AvgIpc) is 3.30. The molecule has 0 radical (unpaired) electrons. The van der Waals surface area contributed by atoms with Gasteiger partial charge in [-0.1, -0.05) is 18.2 Å². The number of aromatic nitrogens is 1. The molecule has 1 unspecified atom stereocenters. The number of ether oxygens (including phenoxy) is 1. The number of aliphatic hydroxyl groups is 1. The van der Waals surface area contributed by atoms with Gasteiger partial charge in [0.2, 0.25) is 0 Å². The van der Waals surface area contributed by atoms with Crippen molar-refractivity contribution < 1.29 is 23.8 Å². The number of ketones is 1. The minimum Gasteiger partial charge on any atom is -0.507 e. The lowest BCUT2D eigenvalue weighted by atomic mass is 9.99. The first-order chi connectivity index (χ1) is 14.5. The Morgan fingerprint density at radius 2 is 2.03 bits per heavy atom. The number of benzene rings is 1. The SMILES string of the molecule is COc1cccc(/C(O)=C2/C(=O)C(=O)N(Cc3cccnc3)C2c2ccc(C)o2)c1. The second-order valence-electron chi connectivity index (χ2n) is 6.97. The predicted molar refractivity (Wildman–Crippen MR) is 109 cm³/mol. The van der Waals surface area contributed by atoms with E-state index in [1.54, 1.807) is 61.8 Å². The highest BCUT2D eigenvalue weighted by molar-refractivity contribution is 6.46. The van der Waals surface area contributed by atoms with Crippen molar-refractivity contribution in [2.45, 2.75) is 19.5 Å². The molecule has 1 atom stereocenters. The molecule has 1 N–H and O–H groups in total. The maximum Gasteiger partial charge on any atom is 0.296 e. The molecule has 7 heteroatoms. The zero-order chi connectivity index (χ0) is 21.3. The van der Waals surface area contributed by atoms with Crippen molar-refractivity contribution in [3.8, 4) is 5.75 Å². The summed E-state index contributed by atoms with van der Waals surface area (Å²) in [4.78, 5) is 31.3. The van der Waals surface area contributed by atoms with Gasteiger partial charge in [0.25, 0.3) is 11.7 Å². The van der Waals surface area contributed by atoms with E-state index >= 15 is 0 Å². The van der Waals surface area contributed by atoms with Crippen molar-refractivity contribution in [3.05, 3.63) is 89.1 Å². The van der Waals surface area contributed by atoms with E-state index in [0.717, 1.165) is 5.56 Å². The number of carbonyl (C=O) groups is 2. The first-order valence-corrected chi connectivity index (χ1v) is 9.37. The maximum absolute atomic E-state index is 13.0. The number of aryl methyl sites for hydroxylation is 1. The van der Waals surface area contributed by atoms with E-state index < -0.39 is 17.7 Å². The van der Waals surface area contributed by atoms with Gasteiger partial charge in [0.15, 0.2) is 0 Å². The van der Waals surface area contributed by atoms with Gasteiger partial charge in [-0.05, 0) is 42.8 Å². The molecule has 1 fully saturated rings. The Hall–Kier alpha value is -3.87. The Morgan fingerprint density at radius 3 is 2.70 bits per heavy atom. The number of Topliss-reactive ketones (excluding diaryl/α,β-unsaturated/α-hetero) is 1. The molecule has 0 saturated carbocycles. The normalized spacial score (nSPS) is 18.1. The fourth-order valence-corrected chi connectivity index (χ4v) is 3.55. The van der Waals surface area contributed by atoms with Gasteiger partial charge in [-0.3, -0.25) is 14.6 Å². The van der Waals surface area contributed by atoms with Gasteiger partial charge in [-0.15, -0.1) is 0 Å². The van der Waals surface area contributed by atoms with Crippen LogP contribution in [0.25, 0.3) is 5.76 Å². The van der Waals surface area contributed by atoms with E-state index in [2.05, 4.69) is 4.98 Å². The number of pyridine rings is 1. The minimum atomic E-state index is -0.856. The van der Waals surface area contributed by atoms with Gasteiger partial charge >= 0.3 is 0 Å². The van der Waals surface area contributed by atoms with Crippen LogP contribution in [-0.4, -0.2) is 33.8 Å². The third kappa shape index (κ3) is 3.45. The highest BCUT2D eigenvalue weighted by atomic mass is 16.5. The fraction of sp³-hybridized carbons (Fsp3) is 0.174. The highest BCUT2D eigenvalue weighted by Gasteiger charge is 2.47. The second kappa shape index (κ2) is 7.87. The predicted octanol–water partition coefficient (Wildman–Crippen LogP) is 3.61. The summed E-state index contributed by atoms with van der Waals surface area (Å²) in [6.45, 7) is 1.93. The van der Waals surface area contributed by atoms with Crippen LogP contribution in [0.4, 0.5) is 0 Å². The summed E-state index contributed by atoms with van der Waals surface area (Å²) >= 11 is 0. The number of aliphatic hydroxyl groups excluding tert-OH is 1. The summed E-state index contributed by atoms with van der Waals surface area (Å²) in [6.07, 6.45) is 3.26. The summed E-state index contributed by atoms with van der Waals surface area (Å²) in [5.41, 5.74) is 1.11. The molecule has 0 aliphatic carbocycles. The number of rotatable bonds is 5. The van der Waals surface area contributed by atoms with Gasteiger partial charge in [-0.25, -0.2) is 0 Å². The summed E-state index contributed by atoms with van der Waals surface area (Å²) in [5.74, 6) is -0.187. The Balaban J connectivity index is 1.85. The Kier molecular flexibility index (Phi) is 5.10. The molecule has 30 heavy (non-hydrogen) atoms. The molecule has 0 bridgehead atoms. The third-order valence-corrected chi connectivity index (χ3v) is 4.99. The number of hydrogen-bond acceptors (Lipinski definition) is 6. The first kappa shape index (κ1) is 19.4. The van der Waals surface area contributed by atoms with Crippen molar-refractivity contribution in [1.82, 2.24) is 9.88 Å². The van der Waals surface area contributed by atoms with E-state index in [1.807, 2.05) is 6.07 Å². The first-order valence-electron chi connectivity index (χ1n) is 9.37. The third-order valence-electron chi connectivity index (χ3n) is 4.99. The Morgan fingerprint density at radius 1 is 1.20 bits per heavy atom. The van der Waals surface area contributed by atoms with Gasteiger partial charge in [0.05, 0.1) is 12.7 Å². The van der Waals surface area contributed by atoms with Crippen LogP contribution >= 0.6 is 0 Å². The van der Waals surface area contributed by atoms with Gasteiger partial charge in [0.1, 0.15) is 29.1 Å². The molecular weight excluding hydrogens is 384 g/mol. The lowest BCUT2D eigenvalue weighted by Gasteiger charge is -2.23. The van der Waals surface area contributed by atoms with Gasteiger partial charge in [-0.2, -0.15) is 0 Å². The molecule has 1 amide bonds. The Bertz CT molecular complexity index is 1130. The largest absolute Gasteiger partial charge is 0.507 e. The molecule has 1 aliphatic rings. The fourth-order valence-electron chi connectivity index (χ4n) is 3.55. The van der Waals surface area contributed by atoms with Crippen molar-refractivity contribution >= 4 is 17.4 Å². The van der Waals surface area contributed by atoms with E-state index in [0.29, 0.717) is 22.8 Å². The molecule has 1 aliphatic heterocycles. The number of amides is 1. The van der Waals surface area contributed by atoms with Crippen LogP contribution in [0, 0.1) is 6.92 Å². The molecule has 3 aromatic rings. The van der Waals surface area contributed by atoms with Crippen molar-refractivity contribution in [2.24, 2.45) is 0 Å². The van der Waals surface area contributed by atoms with E-state index in [1.165, 1.54) is 12.0 Å². The number of nitrogens with zero attached hydrogens (tertiary/aromatic N) is 2. The van der Waals surface area contributed by atoms with Crippen LogP contribution in [0.15, 0.2) is 70.9 Å². The number of likely N-dealkylation sites (tertiary alicyclic amines) is 1. The van der Waals surface area contributed by atoms with E-state index in [4.69, 9.17) is 9.15 Å². The van der Waals surface area contributed by atoms with E-state index in [9.17, 15) is 14.7 Å². The molecule has 7 nitrogen and oxygen atoms in total. The number of carbonyl (C=O) groups excluding carboxylic acids is 2. The molecule has 152 valence electrons. The lowest BCUT2D eigenvalue weighted by Crippen LogP contribution is -2.29. The molecule has 4 rings (SSSR count). The molecule has 2 aromatic heterocycles. The molecule has 1 aromatic carbocycles. The summed E-state index contributed by atoms with van der Waals surface area (Å²) in [7, 11) is 1.51. The van der Waals surface area contributed by atoms with Gasteiger partial charge in [0, 0.05) is 24.5 Å². The maximum atomic E-state index is 13.0. The van der Waals surface area contributed by atoms with Crippen LogP contribution in [-0.2, 0) is 16.1 Å². The zero-order valence-electron chi connectivity index (χ0n) is 16.5. The van der Waals surface area contributed by atoms with Crippen molar-refractivity contribution in [1.29, 1.82) is 0 Å².